The van der Waals surface area contributed by atoms with Gasteiger partial charge < -0.3 is 10.2 Å². The van der Waals surface area contributed by atoms with Gasteiger partial charge in [-0.2, -0.15) is 0 Å². The Kier molecular flexibility index (Phi) is 8.32. The Bertz CT molecular complexity index is 1210. The summed E-state index contributed by atoms with van der Waals surface area (Å²) in [5.74, 6) is -1.28. The zero-order valence-corrected chi connectivity index (χ0v) is 21.5. The molecule has 0 aliphatic carbocycles. The standard InChI is InChI=1S/C26H33N3O5S/c1-5-19(4)27-25(31)22(6-2)28(17-20-11-9-10-18(3)16-20)24(30)14-15-29-26(32)21-12-7-8-13-23(21)35(29,33)34/h7-13,16,19,22H,5-6,14-15,17H2,1-4H3,(H,27,31). The fourth-order valence-electron chi connectivity index (χ4n) is 4.16. The van der Waals surface area contributed by atoms with Gasteiger partial charge >= 0.3 is 0 Å². The molecule has 3 rings (SSSR count). The number of nitrogens with one attached hydrogen (secondary N) is 1. The summed E-state index contributed by atoms with van der Waals surface area (Å²) in [7, 11) is -4.01. The summed E-state index contributed by atoms with van der Waals surface area (Å²) in [6.07, 6.45) is 0.924. The molecule has 1 N–H and O–H groups in total. The number of amides is 3. The number of carbonyl (C=O) groups is 3. The third kappa shape index (κ3) is 5.73. The first-order chi connectivity index (χ1) is 16.6. The molecule has 2 aromatic carbocycles. The molecular formula is C26H33N3O5S. The summed E-state index contributed by atoms with van der Waals surface area (Å²) in [6.45, 7) is 7.56. The van der Waals surface area contributed by atoms with E-state index in [-0.39, 0.29) is 41.9 Å². The lowest BCUT2D eigenvalue weighted by molar-refractivity contribution is -0.141. The molecule has 0 radical (unpaired) electrons. The Morgan fingerprint density at radius 3 is 2.40 bits per heavy atom. The van der Waals surface area contributed by atoms with Crippen LogP contribution in [0.25, 0.3) is 0 Å². The SMILES string of the molecule is CCC(C)NC(=O)C(CC)N(Cc1cccc(C)c1)C(=O)CCN1C(=O)c2ccccc2S1(=O)=O. The molecule has 0 saturated carbocycles. The summed E-state index contributed by atoms with van der Waals surface area (Å²) in [6, 6.07) is 12.9. The predicted molar refractivity (Wildman–Crippen MR) is 133 cm³/mol. The van der Waals surface area contributed by atoms with E-state index in [2.05, 4.69) is 5.32 Å². The van der Waals surface area contributed by atoms with Crippen molar-refractivity contribution in [2.24, 2.45) is 0 Å². The molecule has 9 heteroatoms. The van der Waals surface area contributed by atoms with E-state index in [4.69, 9.17) is 0 Å². The Morgan fingerprint density at radius 1 is 1.06 bits per heavy atom. The van der Waals surface area contributed by atoms with Crippen molar-refractivity contribution in [1.82, 2.24) is 14.5 Å². The van der Waals surface area contributed by atoms with Gasteiger partial charge in [-0.15, -0.1) is 0 Å². The minimum Gasteiger partial charge on any atom is -0.352 e. The highest BCUT2D eigenvalue weighted by Crippen LogP contribution is 2.30. The van der Waals surface area contributed by atoms with E-state index in [9.17, 15) is 22.8 Å². The van der Waals surface area contributed by atoms with E-state index in [1.54, 1.807) is 12.1 Å². The van der Waals surface area contributed by atoms with Crippen LogP contribution in [0, 0.1) is 6.92 Å². The van der Waals surface area contributed by atoms with Gasteiger partial charge in [0.2, 0.25) is 11.8 Å². The molecule has 8 nitrogen and oxygen atoms in total. The second-order valence-corrected chi connectivity index (χ2v) is 10.7. The molecule has 188 valence electrons. The van der Waals surface area contributed by atoms with Gasteiger partial charge in [0.15, 0.2) is 0 Å². The second-order valence-electron chi connectivity index (χ2n) is 8.88. The minimum absolute atomic E-state index is 0.0432. The lowest BCUT2D eigenvalue weighted by atomic mass is 10.1. The normalized spacial score (nSPS) is 15.9. The molecule has 0 saturated heterocycles. The highest BCUT2D eigenvalue weighted by Gasteiger charge is 2.41. The largest absolute Gasteiger partial charge is 0.352 e. The van der Waals surface area contributed by atoms with Gasteiger partial charge in [0.25, 0.3) is 15.9 Å². The van der Waals surface area contributed by atoms with Crippen molar-refractivity contribution in [3.8, 4) is 0 Å². The predicted octanol–water partition coefficient (Wildman–Crippen LogP) is 3.25. The maximum Gasteiger partial charge on any atom is 0.269 e. The Labute approximate surface area is 207 Å². The van der Waals surface area contributed by atoms with Crippen LogP contribution in [0.15, 0.2) is 53.4 Å². The smallest absolute Gasteiger partial charge is 0.269 e. The summed E-state index contributed by atoms with van der Waals surface area (Å²) in [5.41, 5.74) is 2.00. The van der Waals surface area contributed by atoms with E-state index in [0.717, 1.165) is 21.9 Å². The molecule has 0 aromatic heterocycles. The lowest BCUT2D eigenvalue weighted by Gasteiger charge is -2.32. The molecule has 0 bridgehead atoms. The van der Waals surface area contributed by atoms with Crippen LogP contribution in [-0.4, -0.2) is 54.0 Å². The van der Waals surface area contributed by atoms with Gasteiger partial charge in [-0.3, -0.25) is 14.4 Å². The molecule has 3 amide bonds. The van der Waals surface area contributed by atoms with E-state index in [0.29, 0.717) is 6.42 Å². The van der Waals surface area contributed by atoms with Crippen LogP contribution in [0.2, 0.25) is 0 Å². The molecule has 2 atom stereocenters. The van der Waals surface area contributed by atoms with Crippen LogP contribution in [0.1, 0.15) is 61.5 Å². The van der Waals surface area contributed by atoms with Crippen molar-refractivity contribution in [1.29, 1.82) is 0 Å². The molecule has 0 fully saturated rings. The number of fused-ring (bicyclic) bond motifs is 1. The number of carbonyl (C=O) groups excluding carboxylic acids is 3. The Morgan fingerprint density at radius 2 is 1.77 bits per heavy atom. The minimum atomic E-state index is -4.01. The zero-order chi connectivity index (χ0) is 25.8. The molecule has 2 unspecified atom stereocenters. The molecular weight excluding hydrogens is 466 g/mol. The van der Waals surface area contributed by atoms with E-state index < -0.39 is 27.9 Å². The summed E-state index contributed by atoms with van der Waals surface area (Å²) in [5, 5.41) is 2.95. The molecule has 35 heavy (non-hydrogen) atoms. The van der Waals surface area contributed by atoms with Gasteiger partial charge in [0, 0.05) is 25.6 Å². The first-order valence-corrected chi connectivity index (χ1v) is 13.4. The fraction of sp³-hybridized carbons (Fsp3) is 0.423. The number of hydrogen-bond acceptors (Lipinski definition) is 5. The van der Waals surface area contributed by atoms with Crippen LogP contribution in [0.3, 0.4) is 0 Å². The van der Waals surface area contributed by atoms with Gasteiger partial charge in [0.05, 0.1) is 5.56 Å². The van der Waals surface area contributed by atoms with Crippen LogP contribution in [-0.2, 0) is 26.2 Å². The fourth-order valence-corrected chi connectivity index (χ4v) is 5.73. The quantitative estimate of drug-likeness (QED) is 0.540. The maximum atomic E-state index is 13.5. The third-order valence-electron chi connectivity index (χ3n) is 6.26. The number of rotatable bonds is 10. The van der Waals surface area contributed by atoms with Crippen LogP contribution >= 0.6 is 0 Å². The molecule has 1 heterocycles. The molecule has 2 aromatic rings. The molecule has 1 aliphatic rings. The van der Waals surface area contributed by atoms with Crippen molar-refractivity contribution < 1.29 is 22.8 Å². The summed E-state index contributed by atoms with van der Waals surface area (Å²) >= 11 is 0. The number of sulfonamides is 1. The van der Waals surface area contributed by atoms with Gasteiger partial charge in [-0.05, 0) is 44.4 Å². The number of benzene rings is 2. The topological polar surface area (TPSA) is 104 Å². The lowest BCUT2D eigenvalue weighted by Crippen LogP contribution is -2.51. The second kappa shape index (κ2) is 11.0. The molecule has 0 spiro atoms. The highest BCUT2D eigenvalue weighted by atomic mass is 32.2. The van der Waals surface area contributed by atoms with E-state index in [1.165, 1.54) is 17.0 Å². The van der Waals surface area contributed by atoms with Crippen LogP contribution < -0.4 is 5.32 Å². The highest BCUT2D eigenvalue weighted by molar-refractivity contribution is 7.90. The monoisotopic (exact) mass is 499 g/mol. The van der Waals surface area contributed by atoms with E-state index >= 15 is 0 Å². The Balaban J connectivity index is 1.83. The van der Waals surface area contributed by atoms with Crippen molar-refractivity contribution in [3.63, 3.8) is 0 Å². The van der Waals surface area contributed by atoms with Gasteiger partial charge in [-0.25, -0.2) is 12.7 Å². The van der Waals surface area contributed by atoms with Crippen molar-refractivity contribution in [3.05, 3.63) is 65.2 Å². The average Bonchev–Trinajstić information content (AvgIpc) is 3.02. The van der Waals surface area contributed by atoms with E-state index in [1.807, 2.05) is 52.0 Å². The maximum absolute atomic E-state index is 13.5. The first-order valence-electron chi connectivity index (χ1n) is 11.9. The Hall–Kier alpha value is -3.20. The third-order valence-corrected chi connectivity index (χ3v) is 8.10. The number of nitrogens with zero attached hydrogens (tertiary/aromatic N) is 2. The zero-order valence-electron chi connectivity index (χ0n) is 20.7. The van der Waals surface area contributed by atoms with Crippen molar-refractivity contribution in [2.45, 2.75) is 70.5 Å². The van der Waals surface area contributed by atoms with Crippen LogP contribution in [0.4, 0.5) is 0 Å². The van der Waals surface area contributed by atoms with Crippen molar-refractivity contribution >= 4 is 27.7 Å². The number of hydrogen-bond donors (Lipinski definition) is 1. The van der Waals surface area contributed by atoms with Gasteiger partial charge in [-0.1, -0.05) is 55.8 Å². The van der Waals surface area contributed by atoms with Crippen LogP contribution in [0.5, 0.6) is 0 Å². The first kappa shape index (κ1) is 26.4. The molecule has 1 aliphatic heterocycles. The summed E-state index contributed by atoms with van der Waals surface area (Å²) < 4.78 is 26.5. The van der Waals surface area contributed by atoms with Crippen molar-refractivity contribution in [2.75, 3.05) is 6.54 Å². The van der Waals surface area contributed by atoms with Gasteiger partial charge in [0.1, 0.15) is 10.9 Å². The summed E-state index contributed by atoms with van der Waals surface area (Å²) in [4.78, 5) is 40.7. The average molecular weight is 500 g/mol. The number of aryl methyl sites for hydroxylation is 1.